The normalized spacial score (nSPS) is 11.5. The Bertz CT molecular complexity index is 356. The van der Waals surface area contributed by atoms with E-state index in [1.54, 1.807) is 6.92 Å². The highest BCUT2D eigenvalue weighted by Gasteiger charge is 2.02. The van der Waals surface area contributed by atoms with E-state index in [4.69, 9.17) is 0 Å². The predicted octanol–water partition coefficient (Wildman–Crippen LogP) is 2.57. The molecule has 0 radical (unpaired) electrons. The SMILES string of the molecule is C/C(=C\C=O)c1ccc(F)c(F)c1. The number of hydrogen-bond acceptors (Lipinski definition) is 1. The zero-order valence-electron chi connectivity index (χ0n) is 7.05. The van der Waals surface area contributed by atoms with Crippen LogP contribution in [0, 0.1) is 11.6 Å². The van der Waals surface area contributed by atoms with Crippen LogP contribution in [0.15, 0.2) is 24.3 Å². The highest BCUT2D eigenvalue weighted by atomic mass is 19.2. The first-order chi connectivity index (χ1) is 6.15. The number of rotatable bonds is 2. The van der Waals surface area contributed by atoms with Crippen LogP contribution in [-0.2, 0) is 4.79 Å². The quantitative estimate of drug-likeness (QED) is 0.507. The third kappa shape index (κ3) is 2.21. The molecule has 1 aromatic rings. The fourth-order valence-electron chi connectivity index (χ4n) is 0.940. The molecule has 0 atom stereocenters. The third-order valence-electron chi connectivity index (χ3n) is 1.69. The van der Waals surface area contributed by atoms with Gasteiger partial charge in [0.25, 0.3) is 0 Å². The van der Waals surface area contributed by atoms with Gasteiger partial charge in [-0.3, -0.25) is 4.79 Å². The first-order valence-corrected chi connectivity index (χ1v) is 3.72. The molecule has 13 heavy (non-hydrogen) atoms. The monoisotopic (exact) mass is 182 g/mol. The van der Waals surface area contributed by atoms with E-state index in [-0.39, 0.29) is 0 Å². The fraction of sp³-hybridized carbons (Fsp3) is 0.100. The molecule has 0 amide bonds. The summed E-state index contributed by atoms with van der Waals surface area (Å²) in [5, 5.41) is 0. The van der Waals surface area contributed by atoms with Gasteiger partial charge in [0.1, 0.15) is 6.29 Å². The molecule has 1 rings (SSSR count). The number of halogens is 2. The summed E-state index contributed by atoms with van der Waals surface area (Å²) in [5.74, 6) is -1.79. The number of benzene rings is 1. The number of hydrogen-bond donors (Lipinski definition) is 0. The zero-order valence-corrected chi connectivity index (χ0v) is 7.05. The minimum atomic E-state index is -0.906. The van der Waals surface area contributed by atoms with Crippen LogP contribution in [0.1, 0.15) is 12.5 Å². The van der Waals surface area contributed by atoms with E-state index in [0.717, 1.165) is 12.1 Å². The Balaban J connectivity index is 3.10. The zero-order chi connectivity index (χ0) is 9.84. The van der Waals surface area contributed by atoms with E-state index < -0.39 is 11.6 Å². The molecule has 0 aliphatic rings. The van der Waals surface area contributed by atoms with Gasteiger partial charge in [0.2, 0.25) is 0 Å². The van der Waals surface area contributed by atoms with Crippen LogP contribution in [0.2, 0.25) is 0 Å². The van der Waals surface area contributed by atoms with Crippen molar-refractivity contribution in [3.8, 4) is 0 Å². The maximum absolute atomic E-state index is 12.7. The molecule has 3 heteroatoms. The number of carbonyl (C=O) groups excluding carboxylic acids is 1. The van der Waals surface area contributed by atoms with Crippen molar-refractivity contribution < 1.29 is 13.6 Å². The van der Waals surface area contributed by atoms with Gasteiger partial charge in [-0.2, -0.15) is 0 Å². The van der Waals surface area contributed by atoms with Crippen molar-refractivity contribution in [1.82, 2.24) is 0 Å². The summed E-state index contributed by atoms with van der Waals surface area (Å²) in [5.41, 5.74) is 1.11. The molecule has 0 bridgehead atoms. The summed E-state index contributed by atoms with van der Waals surface area (Å²) in [6.07, 6.45) is 1.91. The molecule has 0 aliphatic carbocycles. The first-order valence-electron chi connectivity index (χ1n) is 3.72. The average Bonchev–Trinajstić information content (AvgIpc) is 2.10. The van der Waals surface area contributed by atoms with E-state index in [1.165, 1.54) is 12.1 Å². The van der Waals surface area contributed by atoms with Crippen molar-refractivity contribution in [1.29, 1.82) is 0 Å². The Morgan fingerprint density at radius 2 is 2.00 bits per heavy atom. The summed E-state index contributed by atoms with van der Waals surface area (Å²) in [6.45, 7) is 1.65. The summed E-state index contributed by atoms with van der Waals surface area (Å²) in [4.78, 5) is 10.1. The van der Waals surface area contributed by atoms with Gasteiger partial charge in [-0.15, -0.1) is 0 Å². The Morgan fingerprint density at radius 1 is 1.31 bits per heavy atom. The van der Waals surface area contributed by atoms with Crippen molar-refractivity contribution in [3.05, 3.63) is 41.5 Å². The van der Waals surface area contributed by atoms with E-state index in [0.29, 0.717) is 17.4 Å². The number of allylic oxidation sites excluding steroid dienone is 2. The van der Waals surface area contributed by atoms with Gasteiger partial charge in [-0.25, -0.2) is 8.78 Å². The van der Waals surface area contributed by atoms with Crippen molar-refractivity contribution in [3.63, 3.8) is 0 Å². The lowest BCUT2D eigenvalue weighted by Gasteiger charge is -2.00. The van der Waals surface area contributed by atoms with Crippen LogP contribution in [0.5, 0.6) is 0 Å². The minimum absolute atomic E-state index is 0.506. The third-order valence-corrected chi connectivity index (χ3v) is 1.69. The molecule has 0 aromatic heterocycles. The number of carbonyl (C=O) groups is 1. The molecule has 1 nitrogen and oxygen atoms in total. The molecule has 0 fully saturated rings. The van der Waals surface area contributed by atoms with Gasteiger partial charge in [0.15, 0.2) is 11.6 Å². The lowest BCUT2D eigenvalue weighted by atomic mass is 10.1. The second-order valence-electron chi connectivity index (χ2n) is 2.61. The Kier molecular flexibility index (Phi) is 2.90. The van der Waals surface area contributed by atoms with Gasteiger partial charge in [0, 0.05) is 0 Å². The second-order valence-corrected chi connectivity index (χ2v) is 2.61. The van der Waals surface area contributed by atoms with E-state index in [1.807, 2.05) is 0 Å². The number of aldehydes is 1. The fourth-order valence-corrected chi connectivity index (χ4v) is 0.940. The van der Waals surface area contributed by atoms with Crippen molar-refractivity contribution in [2.45, 2.75) is 6.92 Å². The summed E-state index contributed by atoms with van der Waals surface area (Å²) in [6, 6.07) is 3.52. The molecule has 1 aromatic carbocycles. The molecular formula is C10H8F2O. The van der Waals surface area contributed by atoms with E-state index in [2.05, 4.69) is 0 Å². The minimum Gasteiger partial charge on any atom is -0.299 e. The van der Waals surface area contributed by atoms with Gasteiger partial charge < -0.3 is 0 Å². The lowest BCUT2D eigenvalue weighted by molar-refractivity contribution is -0.104. The highest BCUT2D eigenvalue weighted by molar-refractivity contribution is 5.80. The Morgan fingerprint density at radius 3 is 2.54 bits per heavy atom. The summed E-state index contributed by atoms with van der Waals surface area (Å²) >= 11 is 0. The van der Waals surface area contributed by atoms with Crippen LogP contribution in [0.4, 0.5) is 8.78 Å². The Hall–Kier alpha value is -1.51. The van der Waals surface area contributed by atoms with Gasteiger partial charge in [-0.05, 0) is 36.3 Å². The molecule has 0 saturated heterocycles. The van der Waals surface area contributed by atoms with Gasteiger partial charge in [0.05, 0.1) is 0 Å². The molecule has 0 unspecified atom stereocenters. The van der Waals surface area contributed by atoms with Crippen molar-refractivity contribution in [2.24, 2.45) is 0 Å². The van der Waals surface area contributed by atoms with E-state index >= 15 is 0 Å². The second kappa shape index (κ2) is 3.94. The van der Waals surface area contributed by atoms with Crippen molar-refractivity contribution >= 4 is 11.9 Å². The molecule has 0 N–H and O–H groups in total. The topological polar surface area (TPSA) is 17.1 Å². The summed E-state index contributed by atoms with van der Waals surface area (Å²) < 4.78 is 25.2. The van der Waals surface area contributed by atoms with Crippen LogP contribution < -0.4 is 0 Å². The smallest absolute Gasteiger partial charge is 0.159 e. The standard InChI is InChI=1S/C10H8F2O/c1-7(4-5-13)8-2-3-9(11)10(12)6-8/h2-6H,1H3/b7-4+. The van der Waals surface area contributed by atoms with Crippen molar-refractivity contribution in [2.75, 3.05) is 0 Å². The van der Waals surface area contributed by atoms with Gasteiger partial charge in [-0.1, -0.05) is 6.07 Å². The molecule has 0 heterocycles. The average molecular weight is 182 g/mol. The first kappa shape index (κ1) is 9.58. The summed E-state index contributed by atoms with van der Waals surface area (Å²) in [7, 11) is 0. The molecule has 68 valence electrons. The largest absolute Gasteiger partial charge is 0.299 e. The van der Waals surface area contributed by atoms with Crippen LogP contribution in [0.3, 0.4) is 0 Å². The van der Waals surface area contributed by atoms with Crippen LogP contribution in [-0.4, -0.2) is 6.29 Å². The Labute approximate surface area is 74.7 Å². The molecule has 0 aliphatic heterocycles. The molecule has 0 saturated carbocycles. The van der Waals surface area contributed by atoms with Crippen LogP contribution >= 0.6 is 0 Å². The van der Waals surface area contributed by atoms with Gasteiger partial charge >= 0.3 is 0 Å². The maximum Gasteiger partial charge on any atom is 0.159 e. The predicted molar refractivity (Wildman–Crippen MR) is 46.1 cm³/mol. The van der Waals surface area contributed by atoms with Crippen LogP contribution in [0.25, 0.3) is 5.57 Å². The highest BCUT2D eigenvalue weighted by Crippen LogP contribution is 2.16. The lowest BCUT2D eigenvalue weighted by Crippen LogP contribution is -1.87. The van der Waals surface area contributed by atoms with E-state index in [9.17, 15) is 13.6 Å². The molecular weight excluding hydrogens is 174 g/mol. The maximum atomic E-state index is 12.7. The molecule has 0 spiro atoms.